The zero-order valence-electron chi connectivity index (χ0n) is 19.9. The van der Waals surface area contributed by atoms with Crippen LogP contribution in [0.5, 0.6) is 5.75 Å². The number of fused-ring (bicyclic) bond motifs is 1. The van der Waals surface area contributed by atoms with Crippen molar-refractivity contribution >= 4 is 38.6 Å². The van der Waals surface area contributed by atoms with Gasteiger partial charge in [0.05, 0.1) is 23.2 Å². The van der Waals surface area contributed by atoms with E-state index in [4.69, 9.17) is 11.6 Å². The van der Waals surface area contributed by atoms with Gasteiger partial charge >= 0.3 is 0 Å². The molecule has 13 heteroatoms. The molecule has 1 atom stereocenters. The fourth-order valence-electron chi connectivity index (χ4n) is 4.54. The number of aromatic nitrogens is 4. The second-order valence-electron chi connectivity index (χ2n) is 8.91. The molecule has 5 rings (SSSR count). The number of sulfonamides is 1. The molecule has 4 aromatic rings. The third kappa shape index (κ3) is 4.72. The molecule has 0 saturated carbocycles. The molecular formula is C24H23ClF2N6O3S. The first-order chi connectivity index (χ1) is 17.5. The average Bonchev–Trinajstić information content (AvgIpc) is 3.20. The van der Waals surface area contributed by atoms with E-state index in [2.05, 4.69) is 15.1 Å². The van der Waals surface area contributed by atoms with Gasteiger partial charge in [0, 0.05) is 25.7 Å². The molecule has 194 valence electrons. The first kappa shape index (κ1) is 25.3. The normalized spacial score (nSPS) is 17.0. The van der Waals surface area contributed by atoms with Crippen LogP contribution in [0, 0.1) is 18.6 Å². The smallest absolute Gasteiger partial charge is 0.226 e. The quantitative estimate of drug-likeness (QED) is 0.381. The van der Waals surface area contributed by atoms with Crippen molar-refractivity contribution in [2.75, 3.05) is 30.8 Å². The zero-order valence-corrected chi connectivity index (χ0v) is 21.5. The van der Waals surface area contributed by atoms with Gasteiger partial charge in [0.2, 0.25) is 16.0 Å². The highest BCUT2D eigenvalue weighted by Crippen LogP contribution is 2.33. The van der Waals surface area contributed by atoms with Crippen LogP contribution in [-0.2, 0) is 16.4 Å². The summed E-state index contributed by atoms with van der Waals surface area (Å²) in [4.78, 5) is 11.1. The van der Waals surface area contributed by atoms with Gasteiger partial charge in [-0.05, 0) is 25.0 Å². The number of aryl methyl sites for hydroxylation is 1. The van der Waals surface area contributed by atoms with Crippen molar-refractivity contribution in [2.45, 2.75) is 19.4 Å². The second-order valence-corrected chi connectivity index (χ2v) is 11.3. The molecular weight excluding hydrogens is 526 g/mol. The third-order valence-electron chi connectivity index (χ3n) is 6.41. The summed E-state index contributed by atoms with van der Waals surface area (Å²) in [6.45, 7) is 2.61. The molecule has 1 N–H and O–H groups in total. The molecule has 0 spiro atoms. The van der Waals surface area contributed by atoms with Gasteiger partial charge in [0.15, 0.2) is 17.4 Å². The van der Waals surface area contributed by atoms with E-state index in [1.165, 1.54) is 16.8 Å². The van der Waals surface area contributed by atoms with E-state index in [9.17, 15) is 22.3 Å². The standard InChI is InChI=1S/C24H23ClF2N6O3S/c1-14-22-19(33(30-14)18-11-17(25)20(26)23(34)21(18)27)12-28-24(29-22)32-9-8-31(37(2,35)36)13-16(32)10-15-6-4-3-5-7-15/h3-7,11-12,16,34H,8-10,13H2,1-2H3/t16-/m1/s1. The molecule has 0 aliphatic carbocycles. The fourth-order valence-corrected chi connectivity index (χ4v) is 5.59. The summed E-state index contributed by atoms with van der Waals surface area (Å²) in [5.74, 6) is -3.29. The Kier molecular flexibility index (Phi) is 6.50. The van der Waals surface area contributed by atoms with Crippen LogP contribution in [0.2, 0.25) is 5.02 Å². The van der Waals surface area contributed by atoms with Crippen molar-refractivity contribution < 1.29 is 22.3 Å². The number of hydrogen-bond acceptors (Lipinski definition) is 7. The second kappa shape index (κ2) is 9.51. The molecule has 0 amide bonds. The predicted octanol–water partition coefficient (Wildman–Crippen LogP) is 3.45. The lowest BCUT2D eigenvalue weighted by Gasteiger charge is -2.40. The molecule has 0 radical (unpaired) electrons. The van der Waals surface area contributed by atoms with Crippen LogP contribution >= 0.6 is 11.6 Å². The number of halogens is 3. The number of nitrogens with zero attached hydrogens (tertiary/aromatic N) is 6. The van der Waals surface area contributed by atoms with E-state index in [0.717, 1.165) is 16.3 Å². The molecule has 1 saturated heterocycles. The number of aromatic hydroxyl groups is 1. The maximum absolute atomic E-state index is 14.7. The van der Waals surface area contributed by atoms with E-state index in [1.54, 1.807) is 6.92 Å². The molecule has 1 aliphatic rings. The predicted molar refractivity (Wildman–Crippen MR) is 136 cm³/mol. The van der Waals surface area contributed by atoms with Crippen LogP contribution < -0.4 is 4.90 Å². The Morgan fingerprint density at radius 3 is 2.59 bits per heavy atom. The molecule has 1 fully saturated rings. The zero-order chi connectivity index (χ0) is 26.5. The van der Waals surface area contributed by atoms with Crippen LogP contribution in [0.15, 0.2) is 42.6 Å². The molecule has 3 heterocycles. The van der Waals surface area contributed by atoms with E-state index in [0.29, 0.717) is 35.6 Å². The topological polar surface area (TPSA) is 104 Å². The van der Waals surface area contributed by atoms with Crippen molar-refractivity contribution in [1.29, 1.82) is 0 Å². The van der Waals surface area contributed by atoms with Crippen molar-refractivity contribution in [3.05, 3.63) is 70.5 Å². The highest BCUT2D eigenvalue weighted by atomic mass is 35.5. The van der Waals surface area contributed by atoms with E-state index < -0.39 is 32.4 Å². The van der Waals surface area contributed by atoms with Crippen molar-refractivity contribution in [2.24, 2.45) is 0 Å². The summed E-state index contributed by atoms with van der Waals surface area (Å²) in [5, 5.41) is 13.7. The average molecular weight is 549 g/mol. The van der Waals surface area contributed by atoms with E-state index in [-0.39, 0.29) is 24.8 Å². The highest BCUT2D eigenvalue weighted by molar-refractivity contribution is 7.88. The molecule has 37 heavy (non-hydrogen) atoms. The molecule has 9 nitrogen and oxygen atoms in total. The summed E-state index contributed by atoms with van der Waals surface area (Å²) >= 11 is 5.82. The molecule has 2 aromatic carbocycles. The number of phenols is 1. The fraction of sp³-hybridized carbons (Fsp3) is 0.292. The molecule has 0 unspecified atom stereocenters. The van der Waals surface area contributed by atoms with Gasteiger partial charge in [-0.3, -0.25) is 0 Å². The molecule has 2 aromatic heterocycles. The Hall–Kier alpha value is -3.35. The van der Waals surface area contributed by atoms with Crippen molar-refractivity contribution in [3.63, 3.8) is 0 Å². The van der Waals surface area contributed by atoms with Gasteiger partial charge in [-0.15, -0.1) is 0 Å². The Morgan fingerprint density at radius 1 is 1.16 bits per heavy atom. The van der Waals surface area contributed by atoms with Crippen LogP contribution in [0.1, 0.15) is 11.3 Å². The summed E-state index contributed by atoms with van der Waals surface area (Å²) in [6, 6.07) is 10.5. The van der Waals surface area contributed by atoms with Gasteiger partial charge < -0.3 is 10.0 Å². The number of benzene rings is 2. The van der Waals surface area contributed by atoms with Crippen molar-refractivity contribution in [3.8, 4) is 11.4 Å². The van der Waals surface area contributed by atoms with Gasteiger partial charge in [0.25, 0.3) is 0 Å². The Bertz CT molecular complexity index is 1600. The summed E-state index contributed by atoms with van der Waals surface area (Å²) in [7, 11) is -3.38. The minimum atomic E-state index is -3.38. The van der Waals surface area contributed by atoms with E-state index >= 15 is 0 Å². The van der Waals surface area contributed by atoms with Crippen LogP contribution in [-0.4, -0.2) is 69.5 Å². The van der Waals surface area contributed by atoms with Gasteiger partial charge in [0.1, 0.15) is 16.7 Å². The third-order valence-corrected chi connectivity index (χ3v) is 7.95. The Labute approximate surface area is 217 Å². The van der Waals surface area contributed by atoms with E-state index in [1.807, 2.05) is 35.2 Å². The number of piperazine rings is 1. The first-order valence-corrected chi connectivity index (χ1v) is 13.6. The molecule has 0 bridgehead atoms. The summed E-state index contributed by atoms with van der Waals surface area (Å²) in [5.41, 5.74) is 2.00. The van der Waals surface area contributed by atoms with Gasteiger partial charge in [-0.2, -0.15) is 9.40 Å². The summed E-state index contributed by atoms with van der Waals surface area (Å²) < 4.78 is 55.7. The lowest BCUT2D eigenvalue weighted by atomic mass is 10.0. The largest absolute Gasteiger partial charge is 0.503 e. The molecule has 1 aliphatic heterocycles. The Morgan fingerprint density at radius 2 is 1.89 bits per heavy atom. The lowest BCUT2D eigenvalue weighted by Crippen LogP contribution is -2.56. The minimum Gasteiger partial charge on any atom is -0.503 e. The monoisotopic (exact) mass is 548 g/mol. The van der Waals surface area contributed by atoms with Crippen LogP contribution in [0.25, 0.3) is 16.7 Å². The maximum atomic E-state index is 14.7. The number of hydrogen-bond donors (Lipinski definition) is 1. The SMILES string of the molecule is Cc1nn(-c2cc(Cl)c(F)c(O)c2F)c2cnc(N3CCN(S(C)(=O)=O)C[C@H]3Cc3ccccc3)nc12. The van der Waals surface area contributed by atoms with Gasteiger partial charge in [-0.1, -0.05) is 41.9 Å². The Balaban J connectivity index is 1.55. The number of anilines is 1. The number of phenolic OH excluding ortho intramolecular Hbond substituents is 1. The number of rotatable bonds is 5. The minimum absolute atomic E-state index is 0.232. The summed E-state index contributed by atoms with van der Waals surface area (Å²) in [6.07, 6.45) is 3.24. The van der Waals surface area contributed by atoms with Gasteiger partial charge in [-0.25, -0.2) is 31.8 Å². The van der Waals surface area contributed by atoms with Crippen molar-refractivity contribution in [1.82, 2.24) is 24.1 Å². The van der Waals surface area contributed by atoms with Crippen LogP contribution in [0.4, 0.5) is 14.7 Å². The maximum Gasteiger partial charge on any atom is 0.226 e. The lowest BCUT2D eigenvalue weighted by molar-refractivity contribution is 0.330. The first-order valence-electron chi connectivity index (χ1n) is 11.4. The van der Waals surface area contributed by atoms with Crippen LogP contribution in [0.3, 0.4) is 0 Å². The highest BCUT2D eigenvalue weighted by Gasteiger charge is 2.33.